The van der Waals surface area contributed by atoms with Crippen LogP contribution in [0.15, 0.2) is 43.0 Å². The van der Waals surface area contributed by atoms with E-state index in [0.29, 0.717) is 6.04 Å². The zero-order valence-electron chi connectivity index (χ0n) is 10.6. The third kappa shape index (κ3) is 2.96. The highest BCUT2D eigenvalue weighted by Crippen LogP contribution is 2.24. The Bertz CT molecular complexity index is 446. The average molecular weight is 228 g/mol. The number of hydrogen-bond acceptors (Lipinski definition) is 1. The first-order valence-electron chi connectivity index (χ1n) is 6.35. The molecule has 2 rings (SSSR count). The van der Waals surface area contributed by atoms with E-state index in [1.54, 1.807) is 0 Å². The van der Waals surface area contributed by atoms with Crippen molar-refractivity contribution in [2.24, 2.45) is 0 Å². The monoisotopic (exact) mass is 228 g/mol. The van der Waals surface area contributed by atoms with Crippen molar-refractivity contribution in [3.05, 3.63) is 54.1 Å². The van der Waals surface area contributed by atoms with E-state index in [2.05, 4.69) is 53.9 Å². The molecule has 0 N–H and O–H groups in total. The van der Waals surface area contributed by atoms with Crippen molar-refractivity contribution in [1.29, 1.82) is 0 Å². The van der Waals surface area contributed by atoms with Gasteiger partial charge in [0.1, 0.15) is 0 Å². The molecule has 1 aromatic heterocycles. The fourth-order valence-electron chi connectivity index (χ4n) is 2.22. The van der Waals surface area contributed by atoms with E-state index in [4.69, 9.17) is 0 Å². The molecule has 1 aromatic carbocycles. The van der Waals surface area contributed by atoms with Gasteiger partial charge in [0.2, 0.25) is 0 Å². The normalized spacial score (nSPS) is 12.6. The van der Waals surface area contributed by atoms with Gasteiger partial charge in [0.05, 0.1) is 12.4 Å². The first kappa shape index (κ1) is 11.9. The van der Waals surface area contributed by atoms with E-state index < -0.39 is 0 Å². The minimum atomic E-state index is 0.428. The molecule has 0 aliphatic heterocycles. The lowest BCUT2D eigenvalue weighted by molar-refractivity contribution is 0.515. The van der Waals surface area contributed by atoms with Crippen LogP contribution < -0.4 is 0 Å². The molecule has 0 amide bonds. The maximum atomic E-state index is 4.16. The van der Waals surface area contributed by atoms with Gasteiger partial charge < -0.3 is 4.57 Å². The molecule has 2 heteroatoms. The van der Waals surface area contributed by atoms with Crippen LogP contribution in [0.5, 0.6) is 0 Å². The van der Waals surface area contributed by atoms with Crippen LogP contribution in [0.1, 0.15) is 43.4 Å². The van der Waals surface area contributed by atoms with Crippen LogP contribution in [-0.2, 0) is 0 Å². The van der Waals surface area contributed by atoms with Gasteiger partial charge in [-0.15, -0.1) is 0 Å². The Hall–Kier alpha value is -1.57. The summed E-state index contributed by atoms with van der Waals surface area (Å²) in [5, 5.41) is 0. The molecule has 1 atom stereocenters. The summed E-state index contributed by atoms with van der Waals surface area (Å²) in [6.07, 6.45) is 9.49. The molecule has 0 bridgehead atoms. The van der Waals surface area contributed by atoms with Crippen LogP contribution in [0.3, 0.4) is 0 Å². The van der Waals surface area contributed by atoms with Crippen molar-refractivity contribution in [2.45, 2.75) is 39.2 Å². The number of imidazole rings is 1. The second kappa shape index (κ2) is 5.67. The van der Waals surface area contributed by atoms with Gasteiger partial charge in [-0.3, -0.25) is 0 Å². The van der Waals surface area contributed by atoms with Gasteiger partial charge in [0.25, 0.3) is 0 Å². The third-order valence-corrected chi connectivity index (χ3v) is 3.14. The van der Waals surface area contributed by atoms with Crippen LogP contribution >= 0.6 is 0 Å². The summed E-state index contributed by atoms with van der Waals surface area (Å²) < 4.78 is 2.21. The molecule has 0 saturated heterocycles. The van der Waals surface area contributed by atoms with Crippen LogP contribution in [-0.4, -0.2) is 9.55 Å². The fourth-order valence-corrected chi connectivity index (χ4v) is 2.22. The summed E-state index contributed by atoms with van der Waals surface area (Å²) in [6.45, 7) is 4.38. The van der Waals surface area contributed by atoms with Gasteiger partial charge in [-0.05, 0) is 18.9 Å². The summed E-state index contributed by atoms with van der Waals surface area (Å²) in [4.78, 5) is 4.16. The van der Waals surface area contributed by atoms with Gasteiger partial charge in [-0.2, -0.15) is 0 Å². The minimum absolute atomic E-state index is 0.428. The summed E-state index contributed by atoms with van der Waals surface area (Å²) >= 11 is 0. The SMILES string of the molecule is CCCCC(c1cccc(C)c1)n1ccnc1. The maximum Gasteiger partial charge on any atom is 0.0951 e. The number of unbranched alkanes of at least 4 members (excludes halogenated alkanes) is 1. The number of nitrogens with zero attached hydrogens (tertiary/aromatic N) is 2. The smallest absolute Gasteiger partial charge is 0.0951 e. The maximum absolute atomic E-state index is 4.16. The lowest BCUT2D eigenvalue weighted by Gasteiger charge is -2.19. The van der Waals surface area contributed by atoms with Crippen molar-refractivity contribution in [3.63, 3.8) is 0 Å². The van der Waals surface area contributed by atoms with Crippen molar-refractivity contribution in [3.8, 4) is 0 Å². The molecule has 0 aliphatic carbocycles. The van der Waals surface area contributed by atoms with E-state index in [-0.39, 0.29) is 0 Å². The lowest BCUT2D eigenvalue weighted by Crippen LogP contribution is -2.09. The zero-order chi connectivity index (χ0) is 12.1. The predicted octanol–water partition coefficient (Wildman–Crippen LogP) is 3.97. The number of aryl methyl sites for hydroxylation is 1. The minimum Gasteiger partial charge on any atom is -0.330 e. The molecule has 1 heterocycles. The lowest BCUT2D eigenvalue weighted by atomic mass is 9.99. The first-order chi connectivity index (χ1) is 8.31. The number of aromatic nitrogens is 2. The van der Waals surface area contributed by atoms with Gasteiger partial charge in [0, 0.05) is 12.4 Å². The van der Waals surface area contributed by atoms with Crippen LogP contribution in [0.4, 0.5) is 0 Å². The molecule has 17 heavy (non-hydrogen) atoms. The summed E-state index contributed by atoms with van der Waals surface area (Å²) in [7, 11) is 0. The Kier molecular flexibility index (Phi) is 3.97. The standard InChI is InChI=1S/C15H20N2/c1-3-4-8-15(17-10-9-16-12-17)14-7-5-6-13(2)11-14/h5-7,9-12,15H,3-4,8H2,1-2H3. The van der Waals surface area contributed by atoms with Crippen molar-refractivity contribution in [2.75, 3.05) is 0 Å². The molecule has 90 valence electrons. The Balaban J connectivity index is 2.27. The summed E-state index contributed by atoms with van der Waals surface area (Å²) in [5.74, 6) is 0. The molecule has 2 aromatic rings. The largest absolute Gasteiger partial charge is 0.330 e. The highest BCUT2D eigenvalue weighted by molar-refractivity contribution is 5.25. The Morgan fingerprint density at radius 3 is 2.88 bits per heavy atom. The third-order valence-electron chi connectivity index (χ3n) is 3.14. The number of rotatable bonds is 5. The van der Waals surface area contributed by atoms with Crippen molar-refractivity contribution < 1.29 is 0 Å². The summed E-state index contributed by atoms with van der Waals surface area (Å²) in [5.41, 5.74) is 2.71. The van der Waals surface area contributed by atoms with E-state index in [0.717, 1.165) is 0 Å². The van der Waals surface area contributed by atoms with E-state index in [1.807, 2.05) is 12.5 Å². The molecular weight excluding hydrogens is 208 g/mol. The van der Waals surface area contributed by atoms with Gasteiger partial charge >= 0.3 is 0 Å². The highest BCUT2D eigenvalue weighted by atomic mass is 15.0. The van der Waals surface area contributed by atoms with Gasteiger partial charge in [-0.1, -0.05) is 49.6 Å². The first-order valence-corrected chi connectivity index (χ1v) is 6.35. The molecule has 0 saturated carbocycles. The van der Waals surface area contributed by atoms with Crippen LogP contribution in [0.2, 0.25) is 0 Å². The van der Waals surface area contributed by atoms with Crippen molar-refractivity contribution in [1.82, 2.24) is 9.55 Å². The molecular formula is C15H20N2. The van der Waals surface area contributed by atoms with Crippen LogP contribution in [0.25, 0.3) is 0 Å². The number of hydrogen-bond donors (Lipinski definition) is 0. The molecule has 2 nitrogen and oxygen atoms in total. The molecule has 1 unspecified atom stereocenters. The molecule has 0 spiro atoms. The summed E-state index contributed by atoms with van der Waals surface area (Å²) in [6, 6.07) is 9.21. The van der Waals surface area contributed by atoms with Gasteiger partial charge in [0.15, 0.2) is 0 Å². The average Bonchev–Trinajstić information content (AvgIpc) is 2.83. The second-order valence-corrected chi connectivity index (χ2v) is 4.58. The zero-order valence-corrected chi connectivity index (χ0v) is 10.6. The predicted molar refractivity (Wildman–Crippen MR) is 71.1 cm³/mol. The molecule has 0 radical (unpaired) electrons. The molecule has 0 aliphatic rings. The Morgan fingerprint density at radius 1 is 1.35 bits per heavy atom. The Morgan fingerprint density at radius 2 is 2.24 bits per heavy atom. The quantitative estimate of drug-likeness (QED) is 0.757. The fraction of sp³-hybridized carbons (Fsp3) is 0.400. The Labute approximate surface area is 103 Å². The second-order valence-electron chi connectivity index (χ2n) is 4.58. The van der Waals surface area contributed by atoms with Crippen molar-refractivity contribution >= 4 is 0 Å². The number of benzene rings is 1. The van der Waals surface area contributed by atoms with E-state index in [9.17, 15) is 0 Å². The highest BCUT2D eigenvalue weighted by Gasteiger charge is 2.12. The molecule has 0 fully saturated rings. The topological polar surface area (TPSA) is 17.8 Å². The van der Waals surface area contributed by atoms with E-state index >= 15 is 0 Å². The van der Waals surface area contributed by atoms with E-state index in [1.165, 1.54) is 30.4 Å². The van der Waals surface area contributed by atoms with Gasteiger partial charge in [-0.25, -0.2) is 4.98 Å². The van der Waals surface area contributed by atoms with Crippen LogP contribution in [0, 0.1) is 6.92 Å².